The zero-order valence-corrected chi connectivity index (χ0v) is 10.4. The van der Waals surface area contributed by atoms with Crippen molar-refractivity contribution in [2.75, 3.05) is 0 Å². The van der Waals surface area contributed by atoms with Gasteiger partial charge in [-0.1, -0.05) is 6.07 Å². The molecule has 100 valence electrons. The molecule has 1 amide bonds. The number of carbonyl (C=O) groups is 1. The van der Waals surface area contributed by atoms with Gasteiger partial charge >= 0.3 is 0 Å². The molecule has 20 heavy (non-hydrogen) atoms. The lowest BCUT2D eigenvalue weighted by Crippen LogP contribution is -2.22. The van der Waals surface area contributed by atoms with E-state index in [0.717, 1.165) is 5.56 Å². The molecular weight excluding hydrogens is 258 g/mol. The fraction of sp³-hybridized carbons (Fsp3) is 0.0769. The molecule has 3 rings (SSSR count). The first-order valence-corrected chi connectivity index (χ1v) is 5.93. The first-order valence-electron chi connectivity index (χ1n) is 5.93. The summed E-state index contributed by atoms with van der Waals surface area (Å²) in [6.45, 7) is 0.397. The fourth-order valence-corrected chi connectivity index (χ4v) is 1.66. The van der Waals surface area contributed by atoms with Crippen LogP contribution >= 0.6 is 0 Å². The number of rotatable bonds is 4. The highest BCUT2D eigenvalue weighted by atomic mass is 16.3. The summed E-state index contributed by atoms with van der Waals surface area (Å²) >= 11 is 0. The van der Waals surface area contributed by atoms with E-state index in [0.29, 0.717) is 17.9 Å². The van der Waals surface area contributed by atoms with E-state index in [1.54, 1.807) is 23.3 Å². The summed E-state index contributed by atoms with van der Waals surface area (Å²) in [6, 6.07) is 5.30. The molecule has 0 fully saturated rings. The third-order valence-electron chi connectivity index (χ3n) is 2.70. The first-order chi connectivity index (χ1) is 9.83. The molecular formula is C13H11N5O2. The maximum atomic E-state index is 11.7. The van der Waals surface area contributed by atoms with Crippen molar-refractivity contribution in [1.29, 1.82) is 0 Å². The van der Waals surface area contributed by atoms with Gasteiger partial charge in [0.25, 0.3) is 5.91 Å². The quantitative estimate of drug-likeness (QED) is 0.768. The molecule has 0 bridgehead atoms. The van der Waals surface area contributed by atoms with Crippen molar-refractivity contribution in [3.8, 4) is 5.82 Å². The van der Waals surface area contributed by atoms with Crippen molar-refractivity contribution < 1.29 is 9.21 Å². The van der Waals surface area contributed by atoms with E-state index in [9.17, 15) is 4.79 Å². The van der Waals surface area contributed by atoms with E-state index in [1.165, 1.54) is 18.9 Å². The Morgan fingerprint density at radius 1 is 1.35 bits per heavy atom. The Kier molecular flexibility index (Phi) is 3.24. The Bertz CT molecular complexity index is 674. The standard InChI is InChI=1S/C13H11N5O2/c19-13(11-3-4-20-7-11)16-6-10-1-2-12(15-5-10)18-9-14-8-17-18/h1-5,7-9H,6H2,(H,16,19). The number of furan rings is 1. The number of carbonyl (C=O) groups excluding carboxylic acids is 1. The van der Waals surface area contributed by atoms with Crippen LogP contribution in [0.2, 0.25) is 0 Å². The number of nitrogens with one attached hydrogen (secondary N) is 1. The van der Waals surface area contributed by atoms with Gasteiger partial charge in [0.1, 0.15) is 18.9 Å². The maximum absolute atomic E-state index is 11.7. The predicted molar refractivity (Wildman–Crippen MR) is 69.0 cm³/mol. The van der Waals surface area contributed by atoms with E-state index in [4.69, 9.17) is 4.42 Å². The second-order valence-electron chi connectivity index (χ2n) is 4.06. The van der Waals surface area contributed by atoms with Crippen LogP contribution < -0.4 is 5.32 Å². The van der Waals surface area contributed by atoms with Crippen LogP contribution in [0.4, 0.5) is 0 Å². The van der Waals surface area contributed by atoms with Crippen LogP contribution in [-0.4, -0.2) is 25.7 Å². The van der Waals surface area contributed by atoms with Gasteiger partial charge in [-0.3, -0.25) is 4.79 Å². The van der Waals surface area contributed by atoms with Gasteiger partial charge in [-0.2, -0.15) is 5.10 Å². The molecule has 0 unspecified atom stereocenters. The van der Waals surface area contributed by atoms with Gasteiger partial charge in [-0.05, 0) is 17.7 Å². The third-order valence-corrected chi connectivity index (χ3v) is 2.70. The smallest absolute Gasteiger partial charge is 0.254 e. The summed E-state index contributed by atoms with van der Waals surface area (Å²) in [4.78, 5) is 19.8. The summed E-state index contributed by atoms with van der Waals surface area (Å²) in [6.07, 6.45) is 7.57. The Hall–Kier alpha value is -2.96. The van der Waals surface area contributed by atoms with Crippen molar-refractivity contribution in [3.05, 3.63) is 60.7 Å². The van der Waals surface area contributed by atoms with E-state index in [1.807, 2.05) is 12.1 Å². The zero-order chi connectivity index (χ0) is 13.8. The van der Waals surface area contributed by atoms with Gasteiger partial charge in [-0.15, -0.1) is 0 Å². The minimum absolute atomic E-state index is 0.181. The van der Waals surface area contributed by atoms with Crippen molar-refractivity contribution in [2.24, 2.45) is 0 Å². The van der Waals surface area contributed by atoms with E-state index in [-0.39, 0.29) is 5.91 Å². The zero-order valence-electron chi connectivity index (χ0n) is 10.4. The van der Waals surface area contributed by atoms with Crippen LogP contribution in [-0.2, 0) is 6.54 Å². The van der Waals surface area contributed by atoms with Crippen LogP contribution in [0.15, 0.2) is 54.0 Å². The number of nitrogens with zero attached hydrogens (tertiary/aromatic N) is 4. The molecule has 0 aliphatic rings. The fourth-order valence-electron chi connectivity index (χ4n) is 1.66. The normalized spacial score (nSPS) is 10.4. The molecule has 3 aromatic rings. The van der Waals surface area contributed by atoms with Crippen LogP contribution in [0.5, 0.6) is 0 Å². The topological polar surface area (TPSA) is 85.8 Å². The first kappa shape index (κ1) is 12.1. The summed E-state index contributed by atoms with van der Waals surface area (Å²) in [5.41, 5.74) is 1.39. The van der Waals surface area contributed by atoms with Crippen LogP contribution in [0.1, 0.15) is 15.9 Å². The third kappa shape index (κ3) is 2.56. The van der Waals surface area contributed by atoms with Crippen LogP contribution in [0.25, 0.3) is 5.82 Å². The molecule has 0 aliphatic heterocycles. The van der Waals surface area contributed by atoms with E-state index < -0.39 is 0 Å². The molecule has 1 N–H and O–H groups in total. The minimum Gasteiger partial charge on any atom is -0.472 e. The van der Waals surface area contributed by atoms with Crippen LogP contribution in [0, 0.1) is 0 Å². The Morgan fingerprint density at radius 2 is 2.30 bits per heavy atom. The van der Waals surface area contributed by atoms with Gasteiger partial charge in [0, 0.05) is 12.7 Å². The van der Waals surface area contributed by atoms with E-state index >= 15 is 0 Å². The molecule has 0 saturated carbocycles. The Balaban J connectivity index is 1.63. The Morgan fingerprint density at radius 3 is 2.95 bits per heavy atom. The number of amides is 1. The average Bonchev–Trinajstić information content (AvgIpc) is 3.18. The van der Waals surface area contributed by atoms with Gasteiger partial charge in [-0.25, -0.2) is 14.6 Å². The Labute approximate surface area is 114 Å². The summed E-state index contributed by atoms with van der Waals surface area (Å²) < 4.78 is 6.42. The van der Waals surface area contributed by atoms with Gasteiger partial charge < -0.3 is 9.73 Å². The van der Waals surface area contributed by atoms with Crippen molar-refractivity contribution in [2.45, 2.75) is 6.54 Å². The van der Waals surface area contributed by atoms with E-state index in [2.05, 4.69) is 20.4 Å². The molecule has 7 nitrogen and oxygen atoms in total. The lowest BCUT2D eigenvalue weighted by molar-refractivity contribution is 0.0950. The second kappa shape index (κ2) is 5.35. The number of pyridine rings is 1. The average molecular weight is 269 g/mol. The monoisotopic (exact) mass is 269 g/mol. The van der Waals surface area contributed by atoms with Gasteiger partial charge in [0.15, 0.2) is 5.82 Å². The highest BCUT2D eigenvalue weighted by molar-refractivity contribution is 5.93. The molecule has 3 aromatic heterocycles. The second-order valence-corrected chi connectivity index (χ2v) is 4.06. The molecule has 3 heterocycles. The summed E-state index contributed by atoms with van der Waals surface area (Å²) in [7, 11) is 0. The molecule has 0 aromatic carbocycles. The highest BCUT2D eigenvalue weighted by Crippen LogP contribution is 2.05. The summed E-state index contributed by atoms with van der Waals surface area (Å²) in [5.74, 6) is 0.492. The summed E-state index contributed by atoms with van der Waals surface area (Å²) in [5, 5.41) is 6.77. The number of aromatic nitrogens is 4. The van der Waals surface area contributed by atoms with Gasteiger partial charge in [0.05, 0.1) is 11.8 Å². The van der Waals surface area contributed by atoms with Crippen molar-refractivity contribution in [3.63, 3.8) is 0 Å². The lowest BCUT2D eigenvalue weighted by Gasteiger charge is -2.04. The number of hydrogen-bond donors (Lipinski definition) is 1. The van der Waals surface area contributed by atoms with Crippen molar-refractivity contribution >= 4 is 5.91 Å². The largest absolute Gasteiger partial charge is 0.472 e. The predicted octanol–water partition coefficient (Wildman–Crippen LogP) is 1.19. The molecule has 0 spiro atoms. The minimum atomic E-state index is -0.181. The van der Waals surface area contributed by atoms with Crippen LogP contribution in [0.3, 0.4) is 0 Å². The van der Waals surface area contributed by atoms with Crippen molar-refractivity contribution in [1.82, 2.24) is 25.1 Å². The molecule has 7 heteroatoms. The molecule has 0 aliphatic carbocycles. The SMILES string of the molecule is O=C(NCc1ccc(-n2cncn2)nc1)c1ccoc1. The number of hydrogen-bond acceptors (Lipinski definition) is 5. The maximum Gasteiger partial charge on any atom is 0.254 e. The van der Waals surface area contributed by atoms with Gasteiger partial charge in [0.2, 0.25) is 0 Å². The molecule has 0 atom stereocenters. The highest BCUT2D eigenvalue weighted by Gasteiger charge is 2.06. The molecule has 0 saturated heterocycles. The molecule has 0 radical (unpaired) electrons. The lowest BCUT2D eigenvalue weighted by atomic mass is 10.2.